The first-order chi connectivity index (χ1) is 19.6. The number of fused-ring (bicyclic) bond motifs is 1. The zero-order valence-corrected chi connectivity index (χ0v) is 23.5. The number of carbonyl (C=O) groups excluding carboxylic acids is 3. The lowest BCUT2D eigenvalue weighted by Gasteiger charge is -2.25. The number of ether oxygens (including phenoxy) is 1. The Balaban J connectivity index is 1.44. The Morgan fingerprint density at radius 1 is 0.976 bits per heavy atom. The number of aliphatic carboxylic acids is 1. The fourth-order valence-electron chi connectivity index (χ4n) is 5.53. The van der Waals surface area contributed by atoms with Crippen LogP contribution in [0.1, 0.15) is 37.9 Å². The number of nitrogens with one attached hydrogen (secondary N) is 1. The smallest absolute Gasteiger partial charge is 0.311 e. The minimum absolute atomic E-state index is 0.0499. The third-order valence-electron chi connectivity index (χ3n) is 7.41. The highest BCUT2D eigenvalue weighted by molar-refractivity contribution is 7.09. The van der Waals surface area contributed by atoms with Crippen LogP contribution >= 0.6 is 34.7 Å². The van der Waals surface area contributed by atoms with Crippen molar-refractivity contribution in [3.63, 3.8) is 0 Å². The Bertz CT molecular complexity index is 1740. The molecule has 4 atom stereocenters. The van der Waals surface area contributed by atoms with Crippen molar-refractivity contribution < 1.29 is 29.0 Å². The molecular weight excluding hydrogens is 589 g/mol. The number of nitrogens with zero attached hydrogens (tertiary/aromatic N) is 2. The molecule has 3 aromatic carbocycles. The number of amides is 1. The Kier molecular flexibility index (Phi) is 6.74. The monoisotopic (exact) mass is 607 g/mol. The van der Waals surface area contributed by atoms with E-state index in [2.05, 4.69) is 14.9 Å². The zero-order chi connectivity index (χ0) is 29.1. The van der Waals surface area contributed by atoms with E-state index >= 15 is 0 Å². The summed E-state index contributed by atoms with van der Waals surface area (Å²) in [5.41, 5.74) is -0.130. The Hall–Kier alpha value is -3.96. The molecule has 2 N–H and O–H groups in total. The van der Waals surface area contributed by atoms with E-state index in [1.807, 2.05) is 0 Å². The number of ketones is 2. The van der Waals surface area contributed by atoms with Crippen molar-refractivity contribution in [1.29, 1.82) is 0 Å². The molecule has 1 aliphatic heterocycles. The molecule has 4 aromatic rings. The molecule has 0 radical (unpaired) electrons. The average molecular weight is 608 g/mol. The number of rotatable bonds is 5. The number of aromatic nitrogens is 2. The Morgan fingerprint density at radius 2 is 1.71 bits per heavy atom. The number of Topliss-reactive ketones (excluding diaryl/α,β-unsaturated/α-hetero) is 2. The summed E-state index contributed by atoms with van der Waals surface area (Å²) in [5.74, 6) is -7.18. The summed E-state index contributed by atoms with van der Waals surface area (Å²) in [5, 5.41) is 17.4. The molecular formula is C29H19Cl2N3O6S. The minimum atomic E-state index is -2.44. The maximum Gasteiger partial charge on any atom is 0.311 e. The number of anilines is 1. The van der Waals surface area contributed by atoms with E-state index in [9.17, 15) is 24.3 Å². The molecule has 1 amide bonds. The van der Waals surface area contributed by atoms with E-state index < -0.39 is 47.0 Å². The van der Waals surface area contributed by atoms with Gasteiger partial charge < -0.3 is 15.2 Å². The Labute approximate surface area is 247 Å². The van der Waals surface area contributed by atoms with Crippen LogP contribution in [0, 0.1) is 18.8 Å². The van der Waals surface area contributed by atoms with Crippen molar-refractivity contribution in [1.82, 2.24) is 9.59 Å². The van der Waals surface area contributed by atoms with Gasteiger partial charge in [0, 0.05) is 16.8 Å². The van der Waals surface area contributed by atoms with Crippen LogP contribution in [0.2, 0.25) is 10.0 Å². The van der Waals surface area contributed by atoms with Gasteiger partial charge in [-0.2, -0.15) is 0 Å². The standard InChI is InChI=1S/C29H19Cl2N3O6S/c1-13-2-8-17-18(10-13)26(36)29(25(17)35)23(28(38)39)22(24(40-29)15-5-9-19(30)20(31)11-15)27(37)33-16-6-3-14(4-7-16)21-12-32-34-41-21/h2-12,22-24H,1H3,(H,33,37)(H,38,39)/t22-,23?,24-,29?/m0/s1. The van der Waals surface area contributed by atoms with Gasteiger partial charge in [0.1, 0.15) is 5.92 Å². The van der Waals surface area contributed by atoms with Crippen LogP contribution < -0.4 is 5.32 Å². The summed E-state index contributed by atoms with van der Waals surface area (Å²) in [6, 6.07) is 15.9. The van der Waals surface area contributed by atoms with Crippen LogP contribution in [0.3, 0.4) is 0 Å². The third-order valence-corrected chi connectivity index (χ3v) is 8.87. The van der Waals surface area contributed by atoms with Crippen molar-refractivity contribution in [2.75, 3.05) is 5.32 Å². The van der Waals surface area contributed by atoms with Gasteiger partial charge in [-0.1, -0.05) is 63.6 Å². The summed E-state index contributed by atoms with van der Waals surface area (Å²) in [7, 11) is 0. The predicted octanol–water partition coefficient (Wildman–Crippen LogP) is 5.67. The molecule has 206 valence electrons. The third kappa shape index (κ3) is 4.34. The molecule has 0 saturated carbocycles. The Morgan fingerprint density at radius 3 is 2.37 bits per heavy atom. The summed E-state index contributed by atoms with van der Waals surface area (Å²) in [6.07, 6.45) is 0.304. The molecule has 1 aliphatic carbocycles. The van der Waals surface area contributed by atoms with Gasteiger partial charge in [0.05, 0.1) is 33.1 Å². The lowest BCUT2D eigenvalue weighted by atomic mass is 9.75. The molecule has 1 fully saturated rings. The highest BCUT2D eigenvalue weighted by Crippen LogP contribution is 2.54. The quantitative estimate of drug-likeness (QED) is 0.277. The number of aryl methyl sites for hydroxylation is 1. The van der Waals surface area contributed by atoms with Crippen LogP contribution in [0.4, 0.5) is 5.69 Å². The van der Waals surface area contributed by atoms with Crippen molar-refractivity contribution in [3.8, 4) is 10.4 Å². The van der Waals surface area contributed by atoms with Crippen LogP contribution in [-0.2, 0) is 14.3 Å². The van der Waals surface area contributed by atoms with Crippen molar-refractivity contribution in [2.24, 2.45) is 11.8 Å². The first-order valence-electron chi connectivity index (χ1n) is 12.4. The second kappa shape index (κ2) is 10.1. The van der Waals surface area contributed by atoms with Crippen molar-refractivity contribution in [2.45, 2.75) is 18.6 Å². The van der Waals surface area contributed by atoms with Gasteiger partial charge in [0.15, 0.2) is 0 Å². The molecule has 2 aliphatic rings. The van der Waals surface area contributed by atoms with Crippen LogP contribution in [0.5, 0.6) is 0 Å². The van der Waals surface area contributed by atoms with E-state index in [0.717, 1.165) is 10.4 Å². The van der Waals surface area contributed by atoms with Gasteiger partial charge in [-0.25, -0.2) is 0 Å². The highest BCUT2D eigenvalue weighted by atomic mass is 35.5. The fourth-order valence-corrected chi connectivity index (χ4v) is 6.35. The van der Waals surface area contributed by atoms with E-state index in [1.165, 1.54) is 41.9 Å². The number of carboxylic acid groups (broad SMARTS) is 1. The number of hydrogen-bond donors (Lipinski definition) is 2. The number of carbonyl (C=O) groups is 4. The topological polar surface area (TPSA) is 136 Å². The number of hydrogen-bond acceptors (Lipinski definition) is 8. The fraction of sp³-hybridized carbons (Fsp3) is 0.172. The average Bonchev–Trinajstić information content (AvgIpc) is 3.66. The molecule has 12 heteroatoms. The lowest BCUT2D eigenvalue weighted by molar-refractivity contribution is -0.147. The van der Waals surface area contributed by atoms with Crippen LogP contribution in [0.25, 0.3) is 10.4 Å². The zero-order valence-electron chi connectivity index (χ0n) is 21.1. The van der Waals surface area contributed by atoms with Gasteiger partial charge in [-0.05, 0) is 59.9 Å². The van der Waals surface area contributed by atoms with E-state index in [4.69, 9.17) is 27.9 Å². The van der Waals surface area contributed by atoms with Crippen molar-refractivity contribution in [3.05, 3.63) is 99.2 Å². The molecule has 0 bridgehead atoms. The van der Waals surface area contributed by atoms with Crippen LogP contribution in [0.15, 0.2) is 66.9 Å². The maximum absolute atomic E-state index is 13.9. The number of benzene rings is 3. The van der Waals surface area contributed by atoms with E-state index in [-0.39, 0.29) is 21.2 Å². The maximum atomic E-state index is 13.9. The van der Waals surface area contributed by atoms with Gasteiger partial charge in [-0.15, -0.1) is 5.10 Å². The van der Waals surface area contributed by atoms with Gasteiger partial charge in [-0.3, -0.25) is 19.2 Å². The largest absolute Gasteiger partial charge is 0.481 e. The summed E-state index contributed by atoms with van der Waals surface area (Å²) in [6.45, 7) is 1.75. The normalized spacial score (nSPS) is 23.1. The summed E-state index contributed by atoms with van der Waals surface area (Å²) >= 11 is 13.6. The SMILES string of the molecule is Cc1ccc2c(c1)C(=O)C1(O[C@@H](c3ccc(Cl)c(Cl)c3)[C@@H](C(=O)Nc3ccc(-c4cnns4)cc3)C1C(=O)O)C2=O. The molecule has 2 unspecified atom stereocenters. The highest BCUT2D eigenvalue weighted by Gasteiger charge is 2.71. The summed E-state index contributed by atoms with van der Waals surface area (Å²) < 4.78 is 10.0. The lowest BCUT2D eigenvalue weighted by Crippen LogP contribution is -2.52. The number of halogens is 2. The molecule has 1 aromatic heterocycles. The van der Waals surface area contributed by atoms with E-state index in [1.54, 1.807) is 43.5 Å². The second-order valence-electron chi connectivity index (χ2n) is 9.84. The number of carboxylic acids is 1. The van der Waals surface area contributed by atoms with Gasteiger partial charge in [0.2, 0.25) is 23.1 Å². The predicted molar refractivity (Wildman–Crippen MR) is 151 cm³/mol. The van der Waals surface area contributed by atoms with Gasteiger partial charge >= 0.3 is 5.97 Å². The minimum Gasteiger partial charge on any atom is -0.481 e. The molecule has 1 saturated heterocycles. The molecule has 9 nitrogen and oxygen atoms in total. The second-order valence-corrected chi connectivity index (χ2v) is 11.4. The van der Waals surface area contributed by atoms with Gasteiger partial charge in [0.25, 0.3) is 0 Å². The first kappa shape index (κ1) is 27.2. The van der Waals surface area contributed by atoms with Crippen molar-refractivity contribution >= 4 is 63.9 Å². The van der Waals surface area contributed by atoms with E-state index in [0.29, 0.717) is 16.8 Å². The molecule has 6 rings (SSSR count). The summed E-state index contributed by atoms with van der Waals surface area (Å²) in [4.78, 5) is 55.3. The molecule has 2 heterocycles. The molecule has 41 heavy (non-hydrogen) atoms. The van der Waals surface area contributed by atoms with Crippen LogP contribution in [-0.4, -0.2) is 43.7 Å². The molecule has 1 spiro atoms. The first-order valence-corrected chi connectivity index (χ1v) is 13.9.